The van der Waals surface area contributed by atoms with Gasteiger partial charge in [0.1, 0.15) is 6.04 Å². The Kier molecular flexibility index (Phi) is 3.37. The zero-order valence-electron chi connectivity index (χ0n) is 5.20. The molecular formula is C4H9N3O3. The van der Waals surface area contributed by atoms with Gasteiger partial charge in [0.25, 0.3) is 0 Å². The molecule has 0 spiro atoms. The van der Waals surface area contributed by atoms with E-state index in [1.165, 1.54) is 0 Å². The Labute approximate surface area is 57.2 Å². The second kappa shape index (κ2) is 3.80. The molecule has 0 rings (SSSR count). The van der Waals surface area contributed by atoms with E-state index >= 15 is 0 Å². The summed E-state index contributed by atoms with van der Waals surface area (Å²) in [6.07, 6.45) is -0.397. The largest absolute Gasteiger partial charge is 0.481 e. The Morgan fingerprint density at radius 3 is 2.20 bits per heavy atom. The van der Waals surface area contributed by atoms with Crippen LogP contribution in [0.3, 0.4) is 0 Å². The maximum absolute atomic E-state index is 10.3. The molecule has 10 heavy (non-hydrogen) atoms. The van der Waals surface area contributed by atoms with Crippen molar-refractivity contribution in [2.24, 2.45) is 11.6 Å². The van der Waals surface area contributed by atoms with E-state index in [-0.39, 0.29) is 0 Å². The van der Waals surface area contributed by atoms with Gasteiger partial charge in [0.05, 0.1) is 6.42 Å². The van der Waals surface area contributed by atoms with Crippen LogP contribution in [0.5, 0.6) is 0 Å². The van der Waals surface area contributed by atoms with Crippen LogP contribution in [0, 0.1) is 0 Å². The number of primary amides is 1. The fourth-order valence-corrected chi connectivity index (χ4v) is 0.416. The number of hydrogen-bond acceptors (Lipinski definition) is 4. The first kappa shape index (κ1) is 8.86. The highest BCUT2D eigenvalue weighted by Gasteiger charge is 2.16. The Hall–Kier alpha value is -1.14. The summed E-state index contributed by atoms with van der Waals surface area (Å²) >= 11 is 0. The van der Waals surface area contributed by atoms with Crippen molar-refractivity contribution in [2.45, 2.75) is 12.5 Å². The molecule has 0 aromatic heterocycles. The van der Waals surface area contributed by atoms with Crippen molar-refractivity contribution in [3.8, 4) is 0 Å². The number of carbonyl (C=O) groups excluding carboxylic acids is 1. The van der Waals surface area contributed by atoms with E-state index in [9.17, 15) is 9.59 Å². The minimum Gasteiger partial charge on any atom is -0.481 e. The number of carbonyl (C=O) groups is 2. The predicted octanol–water partition coefficient (Wildman–Crippen LogP) is -2.22. The van der Waals surface area contributed by atoms with Crippen LogP contribution in [0.4, 0.5) is 0 Å². The summed E-state index contributed by atoms with van der Waals surface area (Å²) in [6, 6.07) is -0.988. The molecule has 0 heterocycles. The van der Waals surface area contributed by atoms with Crippen molar-refractivity contribution < 1.29 is 14.7 Å². The number of rotatable bonds is 4. The van der Waals surface area contributed by atoms with Gasteiger partial charge < -0.3 is 10.8 Å². The van der Waals surface area contributed by atoms with Crippen LogP contribution >= 0.6 is 0 Å². The summed E-state index contributed by atoms with van der Waals surface area (Å²) in [5, 5.41) is 8.16. The van der Waals surface area contributed by atoms with Crippen LogP contribution in [0.2, 0.25) is 0 Å². The second-order valence-electron chi connectivity index (χ2n) is 1.72. The van der Waals surface area contributed by atoms with Gasteiger partial charge in [-0.05, 0) is 0 Å². The lowest BCUT2D eigenvalue weighted by molar-refractivity contribution is -0.139. The number of hydrogen-bond donors (Lipinski definition) is 4. The maximum atomic E-state index is 10.3. The molecule has 1 amide bonds. The van der Waals surface area contributed by atoms with Gasteiger partial charge in [0.15, 0.2) is 0 Å². The zero-order chi connectivity index (χ0) is 8.15. The van der Waals surface area contributed by atoms with Gasteiger partial charge in [-0.15, -0.1) is 0 Å². The van der Waals surface area contributed by atoms with Crippen LogP contribution in [-0.4, -0.2) is 23.0 Å². The smallest absolute Gasteiger partial charge is 0.305 e. The number of hydrazine groups is 1. The Balaban J connectivity index is 3.83. The van der Waals surface area contributed by atoms with E-state index in [2.05, 4.69) is 0 Å². The van der Waals surface area contributed by atoms with Crippen molar-refractivity contribution in [1.29, 1.82) is 0 Å². The van der Waals surface area contributed by atoms with Crippen LogP contribution in [0.25, 0.3) is 0 Å². The molecule has 0 aliphatic heterocycles. The monoisotopic (exact) mass is 147 g/mol. The van der Waals surface area contributed by atoms with Gasteiger partial charge in [0, 0.05) is 0 Å². The molecule has 1 atom stereocenters. The van der Waals surface area contributed by atoms with Gasteiger partial charge in [-0.25, -0.2) is 5.43 Å². The molecule has 0 saturated carbocycles. The van der Waals surface area contributed by atoms with E-state index in [4.69, 9.17) is 16.7 Å². The van der Waals surface area contributed by atoms with Crippen molar-refractivity contribution in [3.05, 3.63) is 0 Å². The first-order valence-corrected chi connectivity index (χ1v) is 2.55. The maximum Gasteiger partial charge on any atom is 0.305 e. The number of amides is 1. The molecule has 0 unspecified atom stereocenters. The predicted molar refractivity (Wildman–Crippen MR) is 32.6 cm³/mol. The first-order valence-electron chi connectivity index (χ1n) is 2.55. The molecule has 0 bridgehead atoms. The lowest BCUT2D eigenvalue weighted by Crippen LogP contribution is -2.46. The molecule has 0 aromatic rings. The summed E-state index contributed by atoms with van der Waals surface area (Å²) in [7, 11) is 0. The van der Waals surface area contributed by atoms with E-state index < -0.39 is 24.3 Å². The van der Waals surface area contributed by atoms with Crippen molar-refractivity contribution in [1.82, 2.24) is 5.43 Å². The molecule has 0 fully saturated rings. The minimum absolute atomic E-state index is 0.397. The average Bonchev–Trinajstić information content (AvgIpc) is 1.81. The molecular weight excluding hydrogens is 138 g/mol. The van der Waals surface area contributed by atoms with Gasteiger partial charge >= 0.3 is 5.97 Å². The fraction of sp³-hybridized carbons (Fsp3) is 0.500. The minimum atomic E-state index is -1.12. The highest BCUT2D eigenvalue weighted by molar-refractivity contribution is 5.84. The SMILES string of the molecule is NN[C@@H](CC(=O)O)C(N)=O. The van der Waals surface area contributed by atoms with Crippen molar-refractivity contribution >= 4 is 11.9 Å². The van der Waals surface area contributed by atoms with Crippen LogP contribution in [0.15, 0.2) is 0 Å². The van der Waals surface area contributed by atoms with E-state index in [1.807, 2.05) is 5.43 Å². The van der Waals surface area contributed by atoms with Gasteiger partial charge in [-0.3, -0.25) is 15.4 Å². The van der Waals surface area contributed by atoms with Crippen LogP contribution in [0.1, 0.15) is 6.42 Å². The van der Waals surface area contributed by atoms with Gasteiger partial charge in [-0.1, -0.05) is 0 Å². The highest BCUT2D eigenvalue weighted by Crippen LogP contribution is 1.87. The Morgan fingerprint density at radius 2 is 2.10 bits per heavy atom. The number of nitrogens with two attached hydrogens (primary N) is 2. The van der Waals surface area contributed by atoms with Crippen molar-refractivity contribution in [3.63, 3.8) is 0 Å². The lowest BCUT2D eigenvalue weighted by Gasteiger charge is -2.07. The van der Waals surface area contributed by atoms with Gasteiger partial charge in [0.2, 0.25) is 5.91 Å². The fourth-order valence-electron chi connectivity index (χ4n) is 0.416. The third-order valence-electron chi connectivity index (χ3n) is 0.923. The van der Waals surface area contributed by atoms with E-state index in [0.717, 1.165) is 0 Å². The summed E-state index contributed by atoms with van der Waals surface area (Å²) in [5.74, 6) is 2.91. The van der Waals surface area contributed by atoms with Crippen molar-refractivity contribution in [2.75, 3.05) is 0 Å². The topological polar surface area (TPSA) is 118 Å². The quantitative estimate of drug-likeness (QED) is 0.265. The molecule has 0 radical (unpaired) electrons. The molecule has 0 saturated heterocycles. The van der Waals surface area contributed by atoms with Crippen LogP contribution < -0.4 is 17.0 Å². The normalized spacial score (nSPS) is 12.5. The summed E-state index contributed by atoms with van der Waals surface area (Å²) in [5.41, 5.74) is 6.73. The molecule has 6 nitrogen and oxygen atoms in total. The molecule has 0 aromatic carbocycles. The number of carboxylic acids is 1. The van der Waals surface area contributed by atoms with E-state index in [1.54, 1.807) is 0 Å². The Morgan fingerprint density at radius 1 is 1.60 bits per heavy atom. The van der Waals surface area contributed by atoms with Crippen LogP contribution in [-0.2, 0) is 9.59 Å². The summed E-state index contributed by atoms with van der Waals surface area (Å²) in [4.78, 5) is 20.3. The molecule has 0 aliphatic rings. The van der Waals surface area contributed by atoms with E-state index in [0.29, 0.717) is 0 Å². The molecule has 6 heteroatoms. The average molecular weight is 147 g/mol. The second-order valence-corrected chi connectivity index (χ2v) is 1.72. The zero-order valence-corrected chi connectivity index (χ0v) is 5.20. The molecule has 6 N–H and O–H groups in total. The molecule has 58 valence electrons. The first-order chi connectivity index (χ1) is 4.57. The summed E-state index contributed by atoms with van der Waals surface area (Å²) in [6.45, 7) is 0. The number of nitrogens with one attached hydrogen (secondary N) is 1. The third kappa shape index (κ3) is 3.00. The number of aliphatic carboxylic acids is 1. The Bertz CT molecular complexity index is 147. The third-order valence-corrected chi connectivity index (χ3v) is 0.923. The molecule has 0 aliphatic carbocycles. The van der Waals surface area contributed by atoms with Gasteiger partial charge in [-0.2, -0.15) is 0 Å². The number of carboxylic acid groups (broad SMARTS) is 1. The lowest BCUT2D eigenvalue weighted by atomic mass is 10.2. The highest BCUT2D eigenvalue weighted by atomic mass is 16.4. The standard InChI is InChI=1S/C4H9N3O3/c5-4(10)2(7-6)1-3(8)9/h2,7H,1,6H2,(H2,5,10)(H,8,9)/t2-/m0/s1. The summed E-state index contributed by atoms with van der Waals surface area (Å²) < 4.78 is 0.